The quantitative estimate of drug-likeness (QED) is 0.0261. The monoisotopic (exact) mass is 1140 g/mol. The predicted octanol–water partition coefficient (Wildman–Crippen LogP) is 24.9. The van der Waals surface area contributed by atoms with E-state index in [1.54, 1.807) is 0 Å². The minimum Gasteiger partial charge on any atom is -0.462 e. The molecule has 0 aromatic rings. The summed E-state index contributed by atoms with van der Waals surface area (Å²) in [6, 6.07) is 0. The zero-order valence-electron chi connectivity index (χ0n) is 54.6. The zero-order chi connectivity index (χ0) is 58.5. The second kappa shape index (κ2) is 69.9. The Morgan fingerprint density at radius 1 is 0.247 bits per heavy atom. The SMILES string of the molecule is CCCCC/C=C\C/C=C\CCCCCCCCCCCC(=O)OCC(COC(=O)CCCCCCCCCCCCCCCCCCCCCCCCC)OC(=O)CCCCCCCCCCC/C=C\C/C=C\CCCCCCC. The van der Waals surface area contributed by atoms with Crippen LogP contribution in [0, 0.1) is 0 Å². The van der Waals surface area contributed by atoms with Crippen molar-refractivity contribution in [1.29, 1.82) is 0 Å². The van der Waals surface area contributed by atoms with Crippen molar-refractivity contribution >= 4 is 17.9 Å². The number of ether oxygens (including phenoxy) is 3. The molecular weight excluding hydrogens is 997 g/mol. The minimum absolute atomic E-state index is 0.0717. The molecule has 6 nitrogen and oxygen atoms in total. The van der Waals surface area contributed by atoms with Gasteiger partial charge in [0.1, 0.15) is 13.2 Å². The van der Waals surface area contributed by atoms with Crippen LogP contribution in [0.1, 0.15) is 393 Å². The Morgan fingerprint density at radius 3 is 0.704 bits per heavy atom. The third kappa shape index (κ3) is 68.0. The van der Waals surface area contributed by atoms with Crippen molar-refractivity contribution in [2.45, 2.75) is 399 Å². The molecule has 0 saturated carbocycles. The first-order valence-corrected chi connectivity index (χ1v) is 36.1. The third-order valence-corrected chi connectivity index (χ3v) is 16.3. The van der Waals surface area contributed by atoms with E-state index in [4.69, 9.17) is 14.2 Å². The van der Waals surface area contributed by atoms with Gasteiger partial charge in [0, 0.05) is 19.3 Å². The molecule has 0 spiro atoms. The maximum Gasteiger partial charge on any atom is 0.306 e. The van der Waals surface area contributed by atoms with Crippen LogP contribution in [-0.4, -0.2) is 37.2 Å². The average Bonchev–Trinajstić information content (AvgIpc) is 3.47. The van der Waals surface area contributed by atoms with E-state index in [9.17, 15) is 14.4 Å². The lowest BCUT2D eigenvalue weighted by atomic mass is 10.0. The van der Waals surface area contributed by atoms with Gasteiger partial charge in [0.15, 0.2) is 6.10 Å². The second-order valence-corrected chi connectivity index (χ2v) is 24.5. The van der Waals surface area contributed by atoms with E-state index in [0.29, 0.717) is 19.3 Å². The van der Waals surface area contributed by atoms with Gasteiger partial charge in [-0.3, -0.25) is 14.4 Å². The molecule has 0 rings (SSSR count). The Balaban J connectivity index is 4.33. The van der Waals surface area contributed by atoms with Crippen molar-refractivity contribution in [3.05, 3.63) is 48.6 Å². The average molecular weight is 1140 g/mol. The lowest BCUT2D eigenvalue weighted by Crippen LogP contribution is -2.30. The Labute approximate surface area is 505 Å². The molecule has 0 N–H and O–H groups in total. The van der Waals surface area contributed by atoms with Crippen LogP contribution < -0.4 is 0 Å². The molecule has 0 fully saturated rings. The zero-order valence-corrected chi connectivity index (χ0v) is 54.6. The highest BCUT2D eigenvalue weighted by molar-refractivity contribution is 5.71. The summed E-state index contributed by atoms with van der Waals surface area (Å²) in [5.41, 5.74) is 0. The van der Waals surface area contributed by atoms with Crippen LogP contribution in [0.25, 0.3) is 0 Å². The normalized spacial score (nSPS) is 12.3. The van der Waals surface area contributed by atoms with Gasteiger partial charge < -0.3 is 14.2 Å². The summed E-state index contributed by atoms with van der Waals surface area (Å²) in [4.78, 5) is 38.5. The summed E-state index contributed by atoms with van der Waals surface area (Å²) in [6.07, 6.45) is 88.5. The van der Waals surface area contributed by atoms with Gasteiger partial charge in [-0.05, 0) is 83.5 Å². The van der Waals surface area contributed by atoms with Crippen LogP contribution in [0.4, 0.5) is 0 Å². The molecule has 0 amide bonds. The number of esters is 3. The fourth-order valence-electron chi connectivity index (χ4n) is 10.9. The first kappa shape index (κ1) is 78.4. The van der Waals surface area contributed by atoms with E-state index in [0.717, 1.165) is 70.6 Å². The molecule has 0 radical (unpaired) electrons. The number of carbonyl (C=O) groups is 3. The Hall–Kier alpha value is -2.63. The number of carbonyl (C=O) groups excluding carboxylic acids is 3. The lowest BCUT2D eigenvalue weighted by Gasteiger charge is -2.18. The van der Waals surface area contributed by atoms with Crippen LogP contribution in [0.15, 0.2) is 48.6 Å². The van der Waals surface area contributed by atoms with Crippen molar-refractivity contribution in [3.63, 3.8) is 0 Å². The molecule has 0 aromatic heterocycles. The highest BCUT2D eigenvalue weighted by atomic mass is 16.6. The third-order valence-electron chi connectivity index (χ3n) is 16.3. The standard InChI is InChI=1S/C75H138O6/c1-4-7-10-13-16-19-22-25-28-31-34-36-37-39-41-44-47-50-53-56-59-62-65-68-74(77)80-71-72(70-79-73(76)67-64-61-58-55-52-49-46-43-40-33-30-27-24-21-18-15-12-9-6-3)81-75(78)69-66-63-60-57-54-51-48-45-42-38-35-32-29-26-23-20-17-14-11-8-5-2/h18,21,23,26-27,30,32,35,72H,4-17,19-20,22,24-25,28-29,31,33-34,36-71H2,1-3H3/b21-18-,26-23-,30-27-,35-32-. The van der Waals surface area contributed by atoms with Crippen molar-refractivity contribution in [1.82, 2.24) is 0 Å². The first-order chi connectivity index (χ1) is 40.0. The highest BCUT2D eigenvalue weighted by Crippen LogP contribution is 2.18. The summed E-state index contributed by atoms with van der Waals surface area (Å²) in [5, 5.41) is 0. The van der Waals surface area contributed by atoms with Crippen LogP contribution >= 0.6 is 0 Å². The van der Waals surface area contributed by atoms with Crippen molar-refractivity contribution in [2.75, 3.05) is 13.2 Å². The Morgan fingerprint density at radius 2 is 0.444 bits per heavy atom. The van der Waals surface area contributed by atoms with Gasteiger partial charge in [-0.15, -0.1) is 0 Å². The summed E-state index contributed by atoms with van der Waals surface area (Å²) < 4.78 is 17.0. The van der Waals surface area contributed by atoms with Crippen molar-refractivity contribution < 1.29 is 28.6 Å². The topological polar surface area (TPSA) is 78.9 Å². The molecule has 0 heterocycles. The molecule has 1 atom stereocenters. The maximum atomic E-state index is 13.0. The molecule has 0 bridgehead atoms. The minimum atomic E-state index is -0.778. The Bertz CT molecular complexity index is 1400. The lowest BCUT2D eigenvalue weighted by molar-refractivity contribution is -0.167. The van der Waals surface area contributed by atoms with Gasteiger partial charge in [-0.1, -0.05) is 339 Å². The molecule has 6 heteroatoms. The van der Waals surface area contributed by atoms with E-state index in [1.807, 2.05) is 0 Å². The Kier molecular flexibility index (Phi) is 67.6. The van der Waals surface area contributed by atoms with E-state index < -0.39 is 6.10 Å². The molecule has 474 valence electrons. The largest absolute Gasteiger partial charge is 0.462 e. The number of unbranched alkanes of at least 4 members (excludes halogenated alkanes) is 48. The molecule has 81 heavy (non-hydrogen) atoms. The van der Waals surface area contributed by atoms with E-state index in [1.165, 1.54) is 283 Å². The second-order valence-electron chi connectivity index (χ2n) is 24.5. The van der Waals surface area contributed by atoms with Crippen molar-refractivity contribution in [3.8, 4) is 0 Å². The summed E-state index contributed by atoms with van der Waals surface area (Å²) in [6.45, 7) is 6.68. The molecule has 0 aliphatic rings. The fraction of sp³-hybridized carbons (Fsp3) is 0.853. The van der Waals surface area contributed by atoms with E-state index >= 15 is 0 Å². The van der Waals surface area contributed by atoms with Gasteiger partial charge in [0.25, 0.3) is 0 Å². The summed E-state index contributed by atoms with van der Waals surface area (Å²) in [7, 11) is 0. The van der Waals surface area contributed by atoms with Gasteiger partial charge >= 0.3 is 17.9 Å². The van der Waals surface area contributed by atoms with E-state index in [-0.39, 0.29) is 31.1 Å². The maximum absolute atomic E-state index is 13.0. The fourth-order valence-corrected chi connectivity index (χ4v) is 10.9. The van der Waals surface area contributed by atoms with Crippen LogP contribution in [-0.2, 0) is 28.6 Å². The smallest absolute Gasteiger partial charge is 0.306 e. The molecule has 0 aromatic carbocycles. The van der Waals surface area contributed by atoms with Crippen molar-refractivity contribution in [2.24, 2.45) is 0 Å². The van der Waals surface area contributed by atoms with Gasteiger partial charge in [0.05, 0.1) is 0 Å². The van der Waals surface area contributed by atoms with Crippen LogP contribution in [0.2, 0.25) is 0 Å². The predicted molar refractivity (Wildman–Crippen MR) is 353 cm³/mol. The first-order valence-electron chi connectivity index (χ1n) is 36.1. The molecule has 0 aliphatic heterocycles. The molecule has 1 unspecified atom stereocenters. The van der Waals surface area contributed by atoms with Crippen LogP contribution in [0.3, 0.4) is 0 Å². The summed E-state index contributed by atoms with van der Waals surface area (Å²) >= 11 is 0. The highest BCUT2D eigenvalue weighted by Gasteiger charge is 2.19. The number of rotatable bonds is 67. The molecule has 0 aliphatic carbocycles. The van der Waals surface area contributed by atoms with Gasteiger partial charge in [0.2, 0.25) is 0 Å². The molecular formula is C75H138O6. The number of hydrogen-bond donors (Lipinski definition) is 0. The number of hydrogen-bond acceptors (Lipinski definition) is 6. The van der Waals surface area contributed by atoms with E-state index in [2.05, 4.69) is 69.4 Å². The molecule has 0 saturated heterocycles. The van der Waals surface area contributed by atoms with Crippen LogP contribution in [0.5, 0.6) is 0 Å². The number of allylic oxidation sites excluding steroid dienone is 8. The van der Waals surface area contributed by atoms with Gasteiger partial charge in [-0.25, -0.2) is 0 Å². The summed E-state index contributed by atoms with van der Waals surface area (Å²) in [5.74, 6) is -0.852. The van der Waals surface area contributed by atoms with Gasteiger partial charge in [-0.2, -0.15) is 0 Å².